The molecule has 0 aliphatic rings. The molecule has 0 aliphatic heterocycles. The van der Waals surface area contributed by atoms with Crippen molar-refractivity contribution in [1.82, 2.24) is 5.32 Å². The van der Waals surface area contributed by atoms with E-state index in [-0.39, 0.29) is 6.61 Å². The maximum atomic E-state index is 11.9. The second kappa shape index (κ2) is 8.37. The average Bonchev–Trinajstić information content (AvgIpc) is 2.38. The van der Waals surface area contributed by atoms with Crippen LogP contribution in [0.3, 0.4) is 0 Å². The van der Waals surface area contributed by atoms with Gasteiger partial charge in [0, 0.05) is 16.2 Å². The van der Waals surface area contributed by atoms with Crippen LogP contribution in [0.2, 0.25) is 0 Å². The number of amides is 1. The number of rotatable bonds is 5. The van der Waals surface area contributed by atoms with Crippen LogP contribution in [0.1, 0.15) is 33.3 Å². The van der Waals surface area contributed by atoms with Crippen molar-refractivity contribution in [1.29, 1.82) is 0 Å². The van der Waals surface area contributed by atoms with Gasteiger partial charge in [0.2, 0.25) is 0 Å². The number of alkyl carbamates (subject to hydrolysis) is 1. The van der Waals surface area contributed by atoms with Crippen molar-refractivity contribution >= 4 is 40.3 Å². The van der Waals surface area contributed by atoms with E-state index in [9.17, 15) is 9.59 Å². The molecule has 23 heavy (non-hydrogen) atoms. The van der Waals surface area contributed by atoms with Gasteiger partial charge in [-0.1, -0.05) is 0 Å². The highest BCUT2D eigenvalue weighted by atomic mass is 127. The first kappa shape index (κ1) is 19.5. The summed E-state index contributed by atoms with van der Waals surface area (Å²) >= 11 is 2.19. The number of carbonyl (C=O) groups is 2. The molecule has 0 saturated carbocycles. The van der Waals surface area contributed by atoms with Crippen LogP contribution >= 0.6 is 22.6 Å². The van der Waals surface area contributed by atoms with Gasteiger partial charge in [0.25, 0.3) is 0 Å². The summed E-state index contributed by atoms with van der Waals surface area (Å²) in [6.07, 6.45) is -0.117. The summed E-state index contributed by atoms with van der Waals surface area (Å²) < 4.78 is 11.3. The first-order chi connectivity index (χ1) is 10.6. The Bertz CT molecular complexity index is 570. The minimum absolute atomic E-state index is 0.0550. The zero-order chi connectivity index (χ0) is 17.6. The Morgan fingerprint density at radius 2 is 2.00 bits per heavy atom. The summed E-state index contributed by atoms with van der Waals surface area (Å²) in [5, 5.41) is 2.73. The fraction of sp³-hybridized carbons (Fsp3) is 0.500. The van der Waals surface area contributed by atoms with Crippen LogP contribution in [0.5, 0.6) is 0 Å². The summed E-state index contributed by atoms with van der Waals surface area (Å²) in [6.45, 7) is 6.73. The molecular formula is C16H23IN2O4. The normalized spacial score (nSPS) is 12.4. The third-order valence-corrected chi connectivity index (χ3v) is 3.45. The lowest BCUT2D eigenvalue weighted by Crippen LogP contribution is -2.43. The Hall–Kier alpha value is -1.51. The molecule has 0 heterocycles. The number of hydrogen-bond acceptors (Lipinski definition) is 5. The van der Waals surface area contributed by atoms with Gasteiger partial charge in [-0.3, -0.25) is 4.79 Å². The molecule has 0 unspecified atom stereocenters. The van der Waals surface area contributed by atoms with E-state index >= 15 is 0 Å². The largest absolute Gasteiger partial charge is 0.464 e. The molecule has 0 spiro atoms. The van der Waals surface area contributed by atoms with Crippen molar-refractivity contribution in [3.63, 3.8) is 0 Å². The van der Waals surface area contributed by atoms with E-state index in [0.717, 1.165) is 9.13 Å². The monoisotopic (exact) mass is 434 g/mol. The second-order valence-corrected chi connectivity index (χ2v) is 7.44. The van der Waals surface area contributed by atoms with Crippen molar-refractivity contribution in [2.24, 2.45) is 0 Å². The van der Waals surface area contributed by atoms with Gasteiger partial charge < -0.3 is 20.5 Å². The maximum absolute atomic E-state index is 11.9. The third-order valence-electron chi connectivity index (χ3n) is 2.78. The predicted molar refractivity (Wildman–Crippen MR) is 97.1 cm³/mol. The minimum atomic E-state index is -0.600. The molecule has 7 heteroatoms. The van der Waals surface area contributed by atoms with Crippen molar-refractivity contribution in [2.75, 3.05) is 12.3 Å². The zero-order valence-corrected chi connectivity index (χ0v) is 16.0. The van der Waals surface area contributed by atoms with Crippen LogP contribution in [0.15, 0.2) is 18.2 Å². The number of benzene rings is 1. The third kappa shape index (κ3) is 8.06. The Morgan fingerprint density at radius 3 is 2.57 bits per heavy atom. The van der Waals surface area contributed by atoms with Gasteiger partial charge in [0.05, 0.1) is 6.04 Å². The lowest BCUT2D eigenvalue weighted by atomic mass is 10.0. The molecule has 0 aliphatic carbocycles. The van der Waals surface area contributed by atoms with Crippen LogP contribution in [0.25, 0.3) is 0 Å². The van der Waals surface area contributed by atoms with E-state index in [1.165, 1.54) is 6.92 Å². The topological polar surface area (TPSA) is 90.6 Å². The fourth-order valence-electron chi connectivity index (χ4n) is 1.86. The number of esters is 1. The molecule has 3 N–H and O–H groups in total. The maximum Gasteiger partial charge on any atom is 0.408 e. The van der Waals surface area contributed by atoms with Crippen LogP contribution in [-0.2, 0) is 20.7 Å². The highest BCUT2D eigenvalue weighted by molar-refractivity contribution is 14.1. The lowest BCUT2D eigenvalue weighted by molar-refractivity contribution is -0.141. The van der Waals surface area contributed by atoms with Crippen molar-refractivity contribution < 1.29 is 19.1 Å². The van der Waals surface area contributed by atoms with Crippen molar-refractivity contribution in [2.45, 2.75) is 45.8 Å². The fourth-order valence-corrected chi connectivity index (χ4v) is 2.42. The molecule has 1 aromatic carbocycles. The van der Waals surface area contributed by atoms with E-state index in [4.69, 9.17) is 15.2 Å². The summed E-state index contributed by atoms with van der Waals surface area (Å²) in [4.78, 5) is 23.0. The van der Waals surface area contributed by atoms with E-state index in [0.29, 0.717) is 12.1 Å². The molecule has 0 fully saturated rings. The summed E-state index contributed by atoms with van der Waals surface area (Å²) in [5.74, 6) is -0.406. The molecule has 1 aromatic rings. The smallest absolute Gasteiger partial charge is 0.408 e. The molecule has 1 rings (SSSR count). The molecule has 0 radical (unpaired) electrons. The summed E-state index contributed by atoms with van der Waals surface area (Å²) in [5.41, 5.74) is 6.88. The predicted octanol–water partition coefficient (Wildman–Crippen LogP) is 2.87. The summed E-state index contributed by atoms with van der Waals surface area (Å²) in [7, 11) is 0. The van der Waals surface area contributed by atoms with Crippen molar-refractivity contribution in [3.8, 4) is 0 Å². The van der Waals surface area contributed by atoms with Crippen LogP contribution in [0, 0.1) is 3.57 Å². The van der Waals surface area contributed by atoms with E-state index in [1.807, 2.05) is 18.2 Å². The van der Waals surface area contributed by atoms with Crippen LogP contribution < -0.4 is 11.1 Å². The standard InChI is InChI=1S/C16H23IN2O4/c1-10(20)22-9-13(19-15(21)23-16(2,3)4)8-11-7-12(17)5-6-14(11)18/h5-7,13H,8-9,18H2,1-4H3,(H,19,21)/t13-/m0/s1. The van der Waals surface area contributed by atoms with Crippen LogP contribution in [0.4, 0.5) is 10.5 Å². The van der Waals surface area contributed by atoms with E-state index < -0.39 is 23.7 Å². The molecule has 1 atom stereocenters. The SMILES string of the molecule is CC(=O)OC[C@H](Cc1cc(I)ccc1N)NC(=O)OC(C)(C)C. The van der Waals surface area contributed by atoms with E-state index in [2.05, 4.69) is 27.9 Å². The number of carbonyl (C=O) groups excluding carboxylic acids is 2. The van der Waals surface area contributed by atoms with Gasteiger partial charge in [0.15, 0.2) is 0 Å². The second-order valence-electron chi connectivity index (χ2n) is 6.19. The molecule has 0 saturated heterocycles. The number of nitrogens with two attached hydrogens (primary N) is 1. The number of halogens is 1. The van der Waals surface area contributed by atoms with Gasteiger partial charge in [-0.25, -0.2) is 4.79 Å². The molecule has 128 valence electrons. The van der Waals surface area contributed by atoms with Gasteiger partial charge in [-0.15, -0.1) is 0 Å². The molecule has 0 bridgehead atoms. The average molecular weight is 434 g/mol. The Labute approximate surface area is 150 Å². The number of nitrogens with one attached hydrogen (secondary N) is 1. The molecular weight excluding hydrogens is 411 g/mol. The van der Waals surface area contributed by atoms with Crippen LogP contribution in [-0.4, -0.2) is 30.3 Å². The number of ether oxygens (including phenoxy) is 2. The minimum Gasteiger partial charge on any atom is -0.464 e. The quantitative estimate of drug-likeness (QED) is 0.423. The first-order valence-electron chi connectivity index (χ1n) is 7.23. The Balaban J connectivity index is 2.81. The first-order valence-corrected chi connectivity index (χ1v) is 8.31. The van der Waals surface area contributed by atoms with Gasteiger partial charge in [-0.05, 0) is 73.5 Å². The molecule has 0 aromatic heterocycles. The van der Waals surface area contributed by atoms with Gasteiger partial charge in [-0.2, -0.15) is 0 Å². The van der Waals surface area contributed by atoms with Gasteiger partial charge in [0.1, 0.15) is 12.2 Å². The number of anilines is 1. The highest BCUT2D eigenvalue weighted by Gasteiger charge is 2.21. The van der Waals surface area contributed by atoms with Crippen molar-refractivity contribution in [3.05, 3.63) is 27.3 Å². The molecule has 6 nitrogen and oxygen atoms in total. The number of nitrogen functional groups attached to an aromatic ring is 1. The number of hydrogen-bond donors (Lipinski definition) is 2. The summed E-state index contributed by atoms with van der Waals surface area (Å²) in [6, 6.07) is 5.23. The Kier molecular flexibility index (Phi) is 7.11. The molecule has 1 amide bonds. The Morgan fingerprint density at radius 1 is 1.35 bits per heavy atom. The zero-order valence-electron chi connectivity index (χ0n) is 13.8. The van der Waals surface area contributed by atoms with Gasteiger partial charge >= 0.3 is 12.1 Å². The lowest BCUT2D eigenvalue weighted by Gasteiger charge is -2.24. The van der Waals surface area contributed by atoms with E-state index in [1.54, 1.807) is 20.8 Å². The highest BCUT2D eigenvalue weighted by Crippen LogP contribution is 2.18.